The van der Waals surface area contributed by atoms with Gasteiger partial charge in [-0.1, -0.05) is 34.8 Å². The molecule has 2 rings (SSSR count). The van der Waals surface area contributed by atoms with E-state index in [-0.39, 0.29) is 11.2 Å². The van der Waals surface area contributed by atoms with E-state index in [0.29, 0.717) is 20.8 Å². The molecule has 2 aromatic rings. The molecule has 2 nitrogen and oxygen atoms in total. The van der Waals surface area contributed by atoms with Gasteiger partial charge >= 0.3 is 0 Å². The third kappa shape index (κ3) is 4.82. The number of rotatable bonds is 4. The number of carbonyl (C=O) groups excluding carboxylic acids is 1. The first-order chi connectivity index (χ1) is 9.95. The number of benzene rings is 2. The zero-order valence-electron chi connectivity index (χ0n) is 11.1. The Morgan fingerprint density at radius 2 is 1.67 bits per heavy atom. The summed E-state index contributed by atoms with van der Waals surface area (Å²) in [6.07, 6.45) is 0. The van der Waals surface area contributed by atoms with E-state index >= 15 is 0 Å². The Morgan fingerprint density at radius 3 is 2.29 bits per heavy atom. The Kier molecular flexibility index (Phi) is 5.82. The molecule has 2 aromatic carbocycles. The Hall–Kier alpha value is -0.870. The molecular formula is C15H12Cl3NOS. The predicted molar refractivity (Wildman–Crippen MR) is 91.9 cm³/mol. The zero-order chi connectivity index (χ0) is 15.4. The fourth-order valence-electron chi connectivity index (χ4n) is 1.60. The van der Waals surface area contributed by atoms with E-state index in [4.69, 9.17) is 34.8 Å². The van der Waals surface area contributed by atoms with E-state index in [9.17, 15) is 4.79 Å². The molecule has 0 aliphatic rings. The molecule has 0 radical (unpaired) electrons. The van der Waals surface area contributed by atoms with Gasteiger partial charge in [-0.2, -0.15) is 0 Å². The molecule has 6 heteroatoms. The number of hydrogen-bond acceptors (Lipinski definition) is 2. The fourth-order valence-corrected chi connectivity index (χ4v) is 3.05. The van der Waals surface area contributed by atoms with Gasteiger partial charge in [-0.05, 0) is 49.4 Å². The largest absolute Gasteiger partial charge is 0.324 e. The highest BCUT2D eigenvalue weighted by Crippen LogP contribution is 2.28. The fraction of sp³-hybridized carbons (Fsp3) is 0.133. The summed E-state index contributed by atoms with van der Waals surface area (Å²) < 4.78 is 0. The number of hydrogen-bond donors (Lipinski definition) is 1. The van der Waals surface area contributed by atoms with E-state index in [0.717, 1.165) is 4.90 Å². The molecule has 0 spiro atoms. The lowest BCUT2D eigenvalue weighted by molar-refractivity contribution is -0.115. The molecule has 110 valence electrons. The van der Waals surface area contributed by atoms with Crippen LogP contribution in [0, 0.1) is 0 Å². The molecule has 0 fully saturated rings. The van der Waals surface area contributed by atoms with Crippen LogP contribution in [0.4, 0.5) is 5.69 Å². The van der Waals surface area contributed by atoms with Crippen LogP contribution in [-0.4, -0.2) is 11.2 Å². The number of anilines is 1. The molecule has 0 aromatic heterocycles. The number of nitrogens with one attached hydrogen (secondary N) is 1. The molecule has 1 atom stereocenters. The van der Waals surface area contributed by atoms with Crippen LogP contribution in [0.5, 0.6) is 0 Å². The van der Waals surface area contributed by atoms with Crippen LogP contribution < -0.4 is 5.32 Å². The van der Waals surface area contributed by atoms with E-state index in [1.807, 2.05) is 19.1 Å². The average molecular weight is 361 g/mol. The molecule has 1 N–H and O–H groups in total. The van der Waals surface area contributed by atoms with Gasteiger partial charge in [0.25, 0.3) is 0 Å². The van der Waals surface area contributed by atoms with Crippen molar-refractivity contribution in [1.29, 1.82) is 0 Å². The minimum Gasteiger partial charge on any atom is -0.324 e. The van der Waals surface area contributed by atoms with Crippen molar-refractivity contribution < 1.29 is 4.79 Å². The minimum atomic E-state index is -0.266. The van der Waals surface area contributed by atoms with Crippen LogP contribution in [0.1, 0.15) is 6.92 Å². The van der Waals surface area contributed by atoms with Gasteiger partial charge in [-0.25, -0.2) is 0 Å². The normalized spacial score (nSPS) is 12.0. The molecular weight excluding hydrogens is 349 g/mol. The van der Waals surface area contributed by atoms with Crippen molar-refractivity contribution in [2.45, 2.75) is 17.1 Å². The third-order valence-electron chi connectivity index (χ3n) is 2.68. The van der Waals surface area contributed by atoms with Crippen molar-refractivity contribution in [3.63, 3.8) is 0 Å². The molecule has 0 saturated heterocycles. The number of carbonyl (C=O) groups is 1. The summed E-state index contributed by atoms with van der Waals surface area (Å²) in [4.78, 5) is 13.1. The second kappa shape index (κ2) is 7.41. The van der Waals surface area contributed by atoms with Gasteiger partial charge in [-0.15, -0.1) is 11.8 Å². The standard InChI is InChI=1S/C15H12Cl3NOS/c1-9(21-12-5-2-10(16)3-6-12)15(20)19-14-7-4-11(17)8-13(14)18/h2-9H,1H3,(H,19,20). The van der Waals surface area contributed by atoms with E-state index in [2.05, 4.69) is 5.32 Å². The van der Waals surface area contributed by atoms with Crippen molar-refractivity contribution in [2.24, 2.45) is 0 Å². The molecule has 0 saturated carbocycles. The van der Waals surface area contributed by atoms with E-state index in [1.165, 1.54) is 11.8 Å². The van der Waals surface area contributed by atoms with Crippen molar-refractivity contribution >= 4 is 58.2 Å². The van der Waals surface area contributed by atoms with Gasteiger partial charge in [0, 0.05) is 14.9 Å². The predicted octanol–water partition coefficient (Wildman–Crippen LogP) is 5.77. The smallest absolute Gasteiger partial charge is 0.237 e. The van der Waals surface area contributed by atoms with Crippen molar-refractivity contribution in [3.8, 4) is 0 Å². The van der Waals surface area contributed by atoms with E-state index in [1.54, 1.807) is 30.3 Å². The number of thioether (sulfide) groups is 1. The first kappa shape index (κ1) is 16.5. The average Bonchev–Trinajstić information content (AvgIpc) is 2.44. The minimum absolute atomic E-state index is 0.126. The van der Waals surface area contributed by atoms with Crippen molar-refractivity contribution in [3.05, 3.63) is 57.5 Å². The maximum absolute atomic E-state index is 12.2. The van der Waals surface area contributed by atoms with Crippen LogP contribution in [0.3, 0.4) is 0 Å². The first-order valence-corrected chi connectivity index (χ1v) is 8.15. The molecule has 21 heavy (non-hydrogen) atoms. The lowest BCUT2D eigenvalue weighted by atomic mass is 10.3. The third-order valence-corrected chi connectivity index (χ3v) is 4.60. The highest BCUT2D eigenvalue weighted by molar-refractivity contribution is 8.00. The molecule has 1 unspecified atom stereocenters. The lowest BCUT2D eigenvalue weighted by Gasteiger charge is -2.13. The van der Waals surface area contributed by atoms with Crippen LogP contribution in [0.25, 0.3) is 0 Å². The summed E-state index contributed by atoms with van der Waals surface area (Å²) in [5, 5.41) is 4.14. The van der Waals surface area contributed by atoms with Crippen LogP contribution in [0.15, 0.2) is 47.4 Å². The highest BCUT2D eigenvalue weighted by atomic mass is 35.5. The van der Waals surface area contributed by atoms with E-state index < -0.39 is 0 Å². The number of halogens is 3. The maximum Gasteiger partial charge on any atom is 0.237 e. The second-order valence-corrected chi connectivity index (χ2v) is 7.02. The highest BCUT2D eigenvalue weighted by Gasteiger charge is 2.15. The topological polar surface area (TPSA) is 29.1 Å². The monoisotopic (exact) mass is 359 g/mol. The molecule has 0 aliphatic heterocycles. The van der Waals surface area contributed by atoms with Crippen LogP contribution in [-0.2, 0) is 4.79 Å². The van der Waals surface area contributed by atoms with Gasteiger partial charge in [0.15, 0.2) is 0 Å². The Labute approximate surface area is 142 Å². The summed E-state index contributed by atoms with van der Waals surface area (Å²) in [5.74, 6) is -0.126. The van der Waals surface area contributed by atoms with Crippen LogP contribution >= 0.6 is 46.6 Å². The Bertz CT molecular complexity index is 646. The molecule has 1 amide bonds. The summed E-state index contributed by atoms with van der Waals surface area (Å²) in [5.41, 5.74) is 0.551. The second-order valence-electron chi connectivity index (χ2n) is 4.33. The van der Waals surface area contributed by atoms with Gasteiger partial charge in [0.1, 0.15) is 0 Å². The van der Waals surface area contributed by atoms with Gasteiger partial charge in [0.2, 0.25) is 5.91 Å². The summed E-state index contributed by atoms with van der Waals surface area (Å²) in [6, 6.07) is 12.3. The van der Waals surface area contributed by atoms with Gasteiger partial charge in [-0.3, -0.25) is 4.79 Å². The number of amides is 1. The lowest BCUT2D eigenvalue weighted by Crippen LogP contribution is -2.22. The zero-order valence-corrected chi connectivity index (χ0v) is 14.2. The van der Waals surface area contributed by atoms with Crippen molar-refractivity contribution in [2.75, 3.05) is 5.32 Å². The van der Waals surface area contributed by atoms with Gasteiger partial charge < -0.3 is 5.32 Å². The summed E-state index contributed by atoms with van der Waals surface area (Å²) in [6.45, 7) is 1.83. The Balaban J connectivity index is 2.00. The Morgan fingerprint density at radius 1 is 1.05 bits per heavy atom. The maximum atomic E-state index is 12.2. The van der Waals surface area contributed by atoms with Crippen molar-refractivity contribution in [1.82, 2.24) is 0 Å². The molecule has 0 bridgehead atoms. The SMILES string of the molecule is CC(Sc1ccc(Cl)cc1)C(=O)Nc1ccc(Cl)cc1Cl. The molecule has 0 heterocycles. The molecule has 0 aliphatic carbocycles. The van der Waals surface area contributed by atoms with Gasteiger partial charge in [0.05, 0.1) is 16.0 Å². The quantitative estimate of drug-likeness (QED) is 0.702. The first-order valence-electron chi connectivity index (χ1n) is 6.14. The summed E-state index contributed by atoms with van der Waals surface area (Å²) >= 11 is 19.1. The van der Waals surface area contributed by atoms with Crippen LogP contribution in [0.2, 0.25) is 15.1 Å². The summed E-state index contributed by atoms with van der Waals surface area (Å²) in [7, 11) is 0.